The second kappa shape index (κ2) is 6.06. The summed E-state index contributed by atoms with van der Waals surface area (Å²) in [5.74, 6) is -0.775. The number of phenolic OH excluding ortho intramolecular Hbond substituents is 1. The number of phenols is 1. The normalized spacial score (nSPS) is 10.1. The summed E-state index contributed by atoms with van der Waals surface area (Å²) in [6.45, 7) is -0.00420. The lowest BCUT2D eigenvalue weighted by Gasteiger charge is -2.08. The zero-order valence-electron chi connectivity index (χ0n) is 10.8. The van der Waals surface area contributed by atoms with Gasteiger partial charge in [-0.25, -0.2) is 9.18 Å². The van der Waals surface area contributed by atoms with Crippen molar-refractivity contribution in [3.63, 3.8) is 0 Å². The van der Waals surface area contributed by atoms with Crippen LogP contribution in [0, 0.1) is 5.82 Å². The summed E-state index contributed by atoms with van der Waals surface area (Å²) in [6, 6.07) is 9.89. The summed E-state index contributed by atoms with van der Waals surface area (Å²) in [4.78, 5) is 11.9. The molecule has 1 N–H and O–H groups in total. The topological polar surface area (TPSA) is 55.8 Å². The number of hydrogen-bond acceptors (Lipinski definition) is 4. The Morgan fingerprint density at radius 2 is 1.90 bits per heavy atom. The van der Waals surface area contributed by atoms with Gasteiger partial charge in [0.2, 0.25) is 0 Å². The Kier molecular flexibility index (Phi) is 4.20. The summed E-state index contributed by atoms with van der Waals surface area (Å²) >= 11 is 0. The number of carbonyl (C=O) groups excluding carboxylic acids is 1. The zero-order valence-corrected chi connectivity index (χ0v) is 10.8. The molecule has 0 fully saturated rings. The Labute approximate surface area is 115 Å². The highest BCUT2D eigenvalue weighted by Gasteiger charge is 2.14. The molecule has 0 aromatic heterocycles. The standard InChI is InChI=1S/C15H13FO4/c1-19-12-6-7-14(17)13(8-12)15(18)20-9-10-2-4-11(16)5-3-10/h2-8,17H,9H2,1H3. The largest absolute Gasteiger partial charge is 0.507 e. The van der Waals surface area contributed by atoms with Gasteiger partial charge in [-0.15, -0.1) is 0 Å². The molecule has 4 nitrogen and oxygen atoms in total. The number of rotatable bonds is 4. The lowest BCUT2D eigenvalue weighted by Crippen LogP contribution is -2.06. The van der Waals surface area contributed by atoms with Gasteiger partial charge in [-0.05, 0) is 35.9 Å². The molecule has 104 valence electrons. The van der Waals surface area contributed by atoms with Crippen molar-refractivity contribution >= 4 is 5.97 Å². The number of ether oxygens (including phenoxy) is 2. The molecular formula is C15H13FO4. The van der Waals surface area contributed by atoms with Crippen molar-refractivity contribution in [1.29, 1.82) is 0 Å². The predicted octanol–water partition coefficient (Wildman–Crippen LogP) is 2.90. The molecule has 0 heterocycles. The average Bonchev–Trinajstić information content (AvgIpc) is 2.47. The molecule has 0 atom stereocenters. The molecule has 0 saturated heterocycles. The first-order valence-electron chi connectivity index (χ1n) is 5.88. The third-order valence-electron chi connectivity index (χ3n) is 2.71. The maximum atomic E-state index is 12.7. The van der Waals surface area contributed by atoms with E-state index in [1.54, 1.807) is 0 Å². The maximum Gasteiger partial charge on any atom is 0.342 e. The molecule has 0 radical (unpaired) electrons. The van der Waals surface area contributed by atoms with Crippen molar-refractivity contribution in [2.75, 3.05) is 7.11 Å². The van der Waals surface area contributed by atoms with Crippen LogP contribution in [0.15, 0.2) is 42.5 Å². The quantitative estimate of drug-likeness (QED) is 0.872. The van der Waals surface area contributed by atoms with E-state index >= 15 is 0 Å². The molecule has 0 saturated carbocycles. The Morgan fingerprint density at radius 1 is 1.20 bits per heavy atom. The van der Waals surface area contributed by atoms with Crippen molar-refractivity contribution in [3.05, 3.63) is 59.4 Å². The van der Waals surface area contributed by atoms with E-state index in [-0.39, 0.29) is 23.7 Å². The first-order chi connectivity index (χ1) is 9.60. The number of methoxy groups -OCH3 is 1. The van der Waals surface area contributed by atoms with Crippen LogP contribution in [-0.4, -0.2) is 18.2 Å². The Morgan fingerprint density at radius 3 is 2.55 bits per heavy atom. The monoisotopic (exact) mass is 276 g/mol. The number of hydrogen-bond donors (Lipinski definition) is 1. The van der Waals surface area contributed by atoms with Crippen molar-refractivity contribution < 1.29 is 23.8 Å². The van der Waals surface area contributed by atoms with E-state index in [1.165, 1.54) is 49.6 Å². The molecule has 0 spiro atoms. The van der Waals surface area contributed by atoms with Crippen LogP contribution >= 0.6 is 0 Å². The van der Waals surface area contributed by atoms with Crippen LogP contribution < -0.4 is 4.74 Å². The van der Waals surface area contributed by atoms with Crippen molar-refractivity contribution in [3.8, 4) is 11.5 Å². The highest BCUT2D eigenvalue weighted by Crippen LogP contribution is 2.23. The molecule has 20 heavy (non-hydrogen) atoms. The maximum absolute atomic E-state index is 12.7. The third-order valence-corrected chi connectivity index (χ3v) is 2.71. The number of halogens is 1. The average molecular weight is 276 g/mol. The molecule has 0 bridgehead atoms. The SMILES string of the molecule is COc1ccc(O)c(C(=O)OCc2ccc(F)cc2)c1. The van der Waals surface area contributed by atoms with E-state index in [1.807, 2.05) is 0 Å². The number of esters is 1. The van der Waals surface area contributed by atoms with E-state index < -0.39 is 5.97 Å². The van der Waals surface area contributed by atoms with Gasteiger partial charge >= 0.3 is 5.97 Å². The second-order valence-corrected chi connectivity index (χ2v) is 4.09. The fraction of sp³-hybridized carbons (Fsp3) is 0.133. The Balaban J connectivity index is 2.06. The van der Waals surface area contributed by atoms with Gasteiger partial charge in [-0.2, -0.15) is 0 Å². The lowest BCUT2D eigenvalue weighted by molar-refractivity contribution is 0.0469. The van der Waals surface area contributed by atoms with Gasteiger partial charge in [0.25, 0.3) is 0 Å². The van der Waals surface area contributed by atoms with Crippen LogP contribution in [0.2, 0.25) is 0 Å². The molecule has 0 unspecified atom stereocenters. The number of carbonyl (C=O) groups is 1. The fourth-order valence-corrected chi connectivity index (χ4v) is 1.61. The summed E-state index contributed by atoms with van der Waals surface area (Å²) in [6.07, 6.45) is 0. The van der Waals surface area contributed by atoms with E-state index in [4.69, 9.17) is 9.47 Å². The molecule has 0 aliphatic carbocycles. The summed E-state index contributed by atoms with van der Waals surface area (Å²) in [7, 11) is 1.46. The van der Waals surface area contributed by atoms with E-state index in [9.17, 15) is 14.3 Å². The van der Waals surface area contributed by atoms with Gasteiger partial charge in [0.05, 0.1) is 7.11 Å². The van der Waals surface area contributed by atoms with Gasteiger partial charge < -0.3 is 14.6 Å². The molecule has 2 aromatic rings. The highest BCUT2D eigenvalue weighted by molar-refractivity contribution is 5.92. The highest BCUT2D eigenvalue weighted by atomic mass is 19.1. The second-order valence-electron chi connectivity index (χ2n) is 4.09. The molecule has 0 amide bonds. The smallest absolute Gasteiger partial charge is 0.342 e. The summed E-state index contributed by atoms with van der Waals surface area (Å²) < 4.78 is 22.8. The van der Waals surface area contributed by atoms with Crippen LogP contribution in [0.25, 0.3) is 0 Å². The Bertz CT molecular complexity index is 608. The van der Waals surface area contributed by atoms with E-state index in [0.717, 1.165) is 0 Å². The Hall–Kier alpha value is -2.56. The summed E-state index contributed by atoms with van der Waals surface area (Å²) in [5, 5.41) is 9.63. The van der Waals surface area contributed by atoms with Gasteiger partial charge in [0, 0.05) is 0 Å². The van der Waals surface area contributed by atoms with Crippen molar-refractivity contribution in [1.82, 2.24) is 0 Å². The molecule has 2 aromatic carbocycles. The van der Waals surface area contributed by atoms with Crippen LogP contribution in [0.5, 0.6) is 11.5 Å². The molecule has 5 heteroatoms. The number of aromatic hydroxyl groups is 1. The first-order valence-corrected chi connectivity index (χ1v) is 5.88. The third kappa shape index (κ3) is 3.26. The number of benzene rings is 2. The van der Waals surface area contributed by atoms with Gasteiger partial charge in [-0.1, -0.05) is 12.1 Å². The minimum atomic E-state index is -0.675. The fourth-order valence-electron chi connectivity index (χ4n) is 1.61. The molecule has 0 aliphatic heterocycles. The van der Waals surface area contributed by atoms with Gasteiger partial charge in [-0.3, -0.25) is 0 Å². The first kappa shape index (κ1) is 13.9. The molecule has 2 rings (SSSR count). The predicted molar refractivity (Wildman–Crippen MR) is 70.2 cm³/mol. The van der Waals surface area contributed by atoms with Crippen molar-refractivity contribution in [2.45, 2.75) is 6.61 Å². The summed E-state index contributed by atoms with van der Waals surface area (Å²) in [5.41, 5.74) is 0.675. The van der Waals surface area contributed by atoms with Gasteiger partial charge in [0.15, 0.2) is 0 Å². The van der Waals surface area contributed by atoms with Crippen LogP contribution in [0.4, 0.5) is 4.39 Å². The molecule has 0 aliphatic rings. The minimum Gasteiger partial charge on any atom is -0.507 e. The van der Waals surface area contributed by atoms with E-state index in [0.29, 0.717) is 11.3 Å². The van der Waals surface area contributed by atoms with Gasteiger partial charge in [0.1, 0.15) is 29.5 Å². The van der Waals surface area contributed by atoms with Crippen LogP contribution in [-0.2, 0) is 11.3 Å². The minimum absolute atomic E-state index is 0.00420. The molecular weight excluding hydrogens is 263 g/mol. The van der Waals surface area contributed by atoms with Crippen LogP contribution in [0.1, 0.15) is 15.9 Å². The van der Waals surface area contributed by atoms with Crippen LogP contribution in [0.3, 0.4) is 0 Å². The zero-order chi connectivity index (χ0) is 14.5. The van der Waals surface area contributed by atoms with E-state index in [2.05, 4.69) is 0 Å². The van der Waals surface area contributed by atoms with Crippen molar-refractivity contribution in [2.24, 2.45) is 0 Å². The lowest BCUT2D eigenvalue weighted by atomic mass is 10.2.